The van der Waals surface area contributed by atoms with Gasteiger partial charge in [0.25, 0.3) is 11.5 Å². The fourth-order valence-corrected chi connectivity index (χ4v) is 3.77. The Morgan fingerprint density at radius 2 is 2.23 bits per heavy atom. The highest BCUT2D eigenvalue weighted by Crippen LogP contribution is 2.27. The second-order valence-corrected chi connectivity index (χ2v) is 7.71. The van der Waals surface area contributed by atoms with Gasteiger partial charge in [-0.25, -0.2) is 9.97 Å². The van der Waals surface area contributed by atoms with Crippen molar-refractivity contribution in [3.05, 3.63) is 52.0 Å². The summed E-state index contributed by atoms with van der Waals surface area (Å²) in [6, 6.07) is 5.33. The molecule has 9 nitrogen and oxygen atoms in total. The van der Waals surface area contributed by atoms with E-state index in [9.17, 15) is 9.59 Å². The molecule has 0 aromatic carbocycles. The van der Waals surface area contributed by atoms with Gasteiger partial charge in [0.05, 0.1) is 10.9 Å². The highest BCUT2D eigenvalue weighted by Gasteiger charge is 2.28. The minimum absolute atomic E-state index is 0.0194. The molecule has 3 aromatic heterocycles. The molecule has 0 bridgehead atoms. The average molecular weight is 411 g/mol. The van der Waals surface area contributed by atoms with Crippen molar-refractivity contribution >= 4 is 22.8 Å². The van der Waals surface area contributed by atoms with E-state index in [2.05, 4.69) is 15.0 Å². The number of methoxy groups -OCH3 is 1. The van der Waals surface area contributed by atoms with Crippen LogP contribution in [0.5, 0.6) is 0 Å². The van der Waals surface area contributed by atoms with E-state index in [1.807, 2.05) is 20.2 Å². The molecule has 1 atom stereocenters. The molecule has 4 rings (SSSR count). The number of nitrogens with one attached hydrogen (secondary N) is 1. The van der Waals surface area contributed by atoms with E-state index >= 15 is 0 Å². The molecule has 0 spiro atoms. The Hall–Kier alpha value is -3.20. The molecule has 158 valence electrons. The Bertz CT molecular complexity index is 1120. The third-order valence-electron chi connectivity index (χ3n) is 5.31. The Labute approximate surface area is 173 Å². The van der Waals surface area contributed by atoms with Gasteiger partial charge in [-0.2, -0.15) is 0 Å². The van der Waals surface area contributed by atoms with E-state index in [1.54, 1.807) is 35.2 Å². The normalized spacial score (nSPS) is 16.8. The number of furan rings is 1. The molecule has 1 amide bonds. The van der Waals surface area contributed by atoms with Gasteiger partial charge < -0.3 is 23.9 Å². The van der Waals surface area contributed by atoms with Gasteiger partial charge >= 0.3 is 0 Å². The Morgan fingerprint density at radius 1 is 1.40 bits per heavy atom. The van der Waals surface area contributed by atoms with Crippen LogP contribution in [0, 0.1) is 0 Å². The molecule has 1 aliphatic rings. The first kappa shape index (κ1) is 20.1. The van der Waals surface area contributed by atoms with Crippen LogP contribution in [0.25, 0.3) is 10.9 Å². The van der Waals surface area contributed by atoms with E-state index < -0.39 is 0 Å². The maximum Gasteiger partial charge on any atom is 0.289 e. The predicted molar refractivity (Wildman–Crippen MR) is 112 cm³/mol. The van der Waals surface area contributed by atoms with E-state index in [4.69, 9.17) is 9.15 Å². The summed E-state index contributed by atoms with van der Waals surface area (Å²) in [5.74, 6) is 1.33. The van der Waals surface area contributed by atoms with Crippen molar-refractivity contribution in [2.75, 3.05) is 39.2 Å². The van der Waals surface area contributed by atoms with Gasteiger partial charge in [0.2, 0.25) is 5.95 Å². The minimum Gasteiger partial charge on any atom is -0.453 e. The Kier molecular flexibility index (Phi) is 5.54. The molecule has 0 saturated carbocycles. The number of ether oxygens (including phenoxy) is 1. The van der Waals surface area contributed by atoms with Gasteiger partial charge in [-0.15, -0.1) is 0 Å². The van der Waals surface area contributed by atoms with Crippen LogP contribution in [0.1, 0.15) is 40.8 Å². The van der Waals surface area contributed by atoms with Crippen LogP contribution in [-0.4, -0.2) is 60.1 Å². The second-order valence-electron chi connectivity index (χ2n) is 7.71. The number of carbonyl (C=O) groups excluding carboxylic acids is 1. The van der Waals surface area contributed by atoms with Crippen molar-refractivity contribution in [2.24, 2.45) is 0 Å². The zero-order valence-electron chi connectivity index (χ0n) is 17.3. The summed E-state index contributed by atoms with van der Waals surface area (Å²) >= 11 is 0. The number of rotatable bonds is 5. The lowest BCUT2D eigenvalue weighted by Crippen LogP contribution is -2.39. The number of carbonyl (C=O) groups is 1. The molecular weight excluding hydrogens is 386 g/mol. The number of amides is 1. The smallest absolute Gasteiger partial charge is 0.289 e. The summed E-state index contributed by atoms with van der Waals surface area (Å²) in [6.07, 6.45) is 3.27. The number of piperidine rings is 1. The van der Waals surface area contributed by atoms with Gasteiger partial charge in [0, 0.05) is 52.1 Å². The SMILES string of the molecule is COCc1ccc(C(=O)N2CCCC(c3cc4nc(N(C)C)ncc4c(=O)[nH]3)C2)o1. The van der Waals surface area contributed by atoms with Crippen molar-refractivity contribution in [1.29, 1.82) is 0 Å². The maximum atomic E-state index is 12.9. The monoisotopic (exact) mass is 411 g/mol. The van der Waals surface area contributed by atoms with Gasteiger partial charge in [0.15, 0.2) is 5.76 Å². The number of fused-ring (bicyclic) bond motifs is 1. The maximum absolute atomic E-state index is 12.9. The van der Waals surface area contributed by atoms with Gasteiger partial charge in [-0.05, 0) is 31.0 Å². The highest BCUT2D eigenvalue weighted by atomic mass is 16.5. The number of likely N-dealkylation sites (tertiary alicyclic amines) is 1. The topological polar surface area (TPSA) is 105 Å². The molecule has 1 saturated heterocycles. The quantitative estimate of drug-likeness (QED) is 0.686. The molecule has 1 fully saturated rings. The van der Waals surface area contributed by atoms with E-state index in [0.717, 1.165) is 18.5 Å². The Morgan fingerprint density at radius 3 is 3.00 bits per heavy atom. The zero-order chi connectivity index (χ0) is 21.3. The first-order valence-electron chi connectivity index (χ1n) is 9.90. The number of hydrogen-bond acceptors (Lipinski definition) is 7. The summed E-state index contributed by atoms with van der Waals surface area (Å²) in [6.45, 7) is 1.48. The molecule has 0 aliphatic carbocycles. The van der Waals surface area contributed by atoms with E-state index in [1.165, 1.54) is 0 Å². The molecule has 1 unspecified atom stereocenters. The summed E-state index contributed by atoms with van der Waals surface area (Å²) in [4.78, 5) is 40.7. The number of aromatic amines is 1. The van der Waals surface area contributed by atoms with Crippen LogP contribution < -0.4 is 10.5 Å². The van der Waals surface area contributed by atoms with E-state index in [-0.39, 0.29) is 17.4 Å². The number of H-pyrrole nitrogens is 1. The average Bonchev–Trinajstić information content (AvgIpc) is 3.21. The molecule has 1 N–H and O–H groups in total. The number of hydrogen-bond donors (Lipinski definition) is 1. The first-order chi connectivity index (χ1) is 14.5. The van der Waals surface area contributed by atoms with Crippen molar-refractivity contribution < 1.29 is 13.9 Å². The number of anilines is 1. The third kappa shape index (κ3) is 3.93. The summed E-state index contributed by atoms with van der Waals surface area (Å²) in [7, 11) is 5.29. The molecule has 9 heteroatoms. The fourth-order valence-electron chi connectivity index (χ4n) is 3.77. The summed E-state index contributed by atoms with van der Waals surface area (Å²) < 4.78 is 10.6. The van der Waals surface area contributed by atoms with Crippen LogP contribution in [0.3, 0.4) is 0 Å². The Balaban J connectivity index is 1.58. The van der Waals surface area contributed by atoms with Crippen molar-refractivity contribution in [3.63, 3.8) is 0 Å². The largest absolute Gasteiger partial charge is 0.453 e. The third-order valence-corrected chi connectivity index (χ3v) is 5.31. The van der Waals surface area contributed by atoms with Crippen molar-refractivity contribution in [3.8, 4) is 0 Å². The van der Waals surface area contributed by atoms with Crippen molar-refractivity contribution in [2.45, 2.75) is 25.4 Å². The van der Waals surface area contributed by atoms with Crippen LogP contribution >= 0.6 is 0 Å². The lowest BCUT2D eigenvalue weighted by atomic mass is 9.93. The van der Waals surface area contributed by atoms with Crippen LogP contribution in [0.4, 0.5) is 5.95 Å². The first-order valence-corrected chi connectivity index (χ1v) is 9.90. The molecule has 4 heterocycles. The molecule has 1 aliphatic heterocycles. The number of aromatic nitrogens is 3. The zero-order valence-corrected chi connectivity index (χ0v) is 17.3. The fraction of sp³-hybridized carbons (Fsp3) is 0.429. The van der Waals surface area contributed by atoms with Gasteiger partial charge in [-0.1, -0.05) is 0 Å². The predicted octanol–water partition coefficient (Wildman–Crippen LogP) is 2.14. The molecule has 30 heavy (non-hydrogen) atoms. The van der Waals surface area contributed by atoms with Crippen LogP contribution in [0.15, 0.2) is 33.6 Å². The lowest BCUT2D eigenvalue weighted by molar-refractivity contribution is 0.0666. The van der Waals surface area contributed by atoms with E-state index in [0.29, 0.717) is 48.1 Å². The highest BCUT2D eigenvalue weighted by molar-refractivity contribution is 5.91. The second kappa shape index (κ2) is 8.27. The molecular formula is C21H25N5O4. The minimum atomic E-state index is -0.216. The van der Waals surface area contributed by atoms with Crippen LogP contribution in [0.2, 0.25) is 0 Å². The van der Waals surface area contributed by atoms with Gasteiger partial charge in [-0.3, -0.25) is 9.59 Å². The van der Waals surface area contributed by atoms with Gasteiger partial charge in [0.1, 0.15) is 12.4 Å². The summed E-state index contributed by atoms with van der Waals surface area (Å²) in [5, 5.41) is 0.453. The number of pyridine rings is 1. The molecule has 0 radical (unpaired) electrons. The standard InChI is InChI=1S/C21H25N5O4/c1-25(2)21-22-10-15-17(24-21)9-16(23-19(15)27)13-5-4-8-26(11-13)20(28)18-7-6-14(30-18)12-29-3/h6-7,9-10,13H,4-5,8,11-12H2,1-3H3,(H,23,27). The number of nitrogens with zero attached hydrogens (tertiary/aromatic N) is 4. The lowest BCUT2D eigenvalue weighted by Gasteiger charge is -2.32. The van der Waals surface area contributed by atoms with Crippen LogP contribution in [-0.2, 0) is 11.3 Å². The molecule has 3 aromatic rings. The summed E-state index contributed by atoms with van der Waals surface area (Å²) in [5.41, 5.74) is 1.17. The van der Waals surface area contributed by atoms with Crippen molar-refractivity contribution in [1.82, 2.24) is 19.9 Å².